The van der Waals surface area contributed by atoms with Crippen LogP contribution in [0, 0.1) is 0 Å². The van der Waals surface area contributed by atoms with Gasteiger partial charge in [-0.25, -0.2) is 0 Å². The minimum atomic E-state index is -0.927. The third kappa shape index (κ3) is 4.95. The van der Waals surface area contributed by atoms with Crippen molar-refractivity contribution in [2.75, 3.05) is 32.8 Å². The topological polar surface area (TPSA) is 94.5 Å². The summed E-state index contributed by atoms with van der Waals surface area (Å²) in [5.74, 6) is -0.0123. The molecule has 4 rings (SSSR count). The molecule has 0 radical (unpaired) electrons. The Morgan fingerprint density at radius 3 is 2.27 bits per heavy atom. The molecular weight excluding hydrogens is 474 g/mol. The van der Waals surface area contributed by atoms with E-state index in [4.69, 9.17) is 18.9 Å². The van der Waals surface area contributed by atoms with Crippen LogP contribution in [0.15, 0.2) is 72.3 Å². The molecule has 0 bridgehead atoms. The van der Waals surface area contributed by atoms with Gasteiger partial charge in [-0.1, -0.05) is 25.1 Å². The Kier molecular flexibility index (Phi) is 7.67. The molecule has 1 aliphatic heterocycles. The van der Waals surface area contributed by atoms with Gasteiger partial charge in [-0.15, -0.1) is 0 Å². The Morgan fingerprint density at radius 2 is 1.57 bits per heavy atom. The van der Waals surface area contributed by atoms with E-state index in [0.29, 0.717) is 40.9 Å². The average molecular weight is 504 g/mol. The lowest BCUT2D eigenvalue weighted by molar-refractivity contribution is -0.132. The highest BCUT2D eigenvalue weighted by atomic mass is 16.5. The molecule has 1 heterocycles. The number of nitrogens with zero attached hydrogens (tertiary/aromatic N) is 1. The van der Waals surface area contributed by atoms with Crippen molar-refractivity contribution in [3.8, 4) is 23.0 Å². The highest BCUT2D eigenvalue weighted by Crippen LogP contribution is 2.44. The number of amides is 1. The minimum Gasteiger partial charge on any atom is -0.507 e. The fourth-order valence-corrected chi connectivity index (χ4v) is 4.31. The van der Waals surface area contributed by atoms with Crippen LogP contribution in [0.4, 0.5) is 5.69 Å². The van der Waals surface area contributed by atoms with Crippen LogP contribution >= 0.6 is 0 Å². The second-order valence-corrected chi connectivity index (χ2v) is 8.36. The van der Waals surface area contributed by atoms with Gasteiger partial charge in [0.15, 0.2) is 0 Å². The monoisotopic (exact) mass is 503 g/mol. The van der Waals surface area contributed by atoms with Crippen molar-refractivity contribution >= 4 is 23.1 Å². The van der Waals surface area contributed by atoms with Gasteiger partial charge < -0.3 is 24.1 Å². The first-order chi connectivity index (χ1) is 17.9. The van der Waals surface area contributed by atoms with Crippen LogP contribution in [-0.2, 0) is 9.59 Å². The van der Waals surface area contributed by atoms with Gasteiger partial charge in [0.2, 0.25) is 0 Å². The number of aliphatic hydroxyl groups is 1. The molecule has 37 heavy (non-hydrogen) atoms. The third-order valence-corrected chi connectivity index (χ3v) is 6.09. The molecule has 1 atom stereocenters. The SMILES string of the molecule is CCCOc1cccc(C2/C(=C(\O)c3ccc(OC)cc3OC)C(=O)C(=O)N2c2cccc(OC)c2)c1. The van der Waals surface area contributed by atoms with Crippen LogP contribution in [0.1, 0.15) is 30.5 Å². The molecule has 1 unspecified atom stereocenters. The maximum absolute atomic E-state index is 13.5. The van der Waals surface area contributed by atoms with E-state index in [2.05, 4.69) is 0 Å². The number of rotatable bonds is 9. The predicted octanol–water partition coefficient (Wildman–Crippen LogP) is 5.13. The average Bonchev–Trinajstić information content (AvgIpc) is 3.21. The largest absolute Gasteiger partial charge is 0.507 e. The van der Waals surface area contributed by atoms with Crippen LogP contribution in [0.25, 0.3) is 5.76 Å². The Hall–Kier alpha value is -4.46. The van der Waals surface area contributed by atoms with Crippen molar-refractivity contribution in [2.45, 2.75) is 19.4 Å². The van der Waals surface area contributed by atoms with Gasteiger partial charge in [0, 0.05) is 17.8 Å². The summed E-state index contributed by atoms with van der Waals surface area (Å²) in [6.45, 7) is 2.52. The Labute approximate surface area is 215 Å². The molecule has 3 aromatic carbocycles. The smallest absolute Gasteiger partial charge is 0.300 e. The number of hydrogen-bond acceptors (Lipinski definition) is 7. The maximum atomic E-state index is 13.5. The zero-order chi connectivity index (χ0) is 26.5. The fourth-order valence-electron chi connectivity index (χ4n) is 4.31. The third-order valence-electron chi connectivity index (χ3n) is 6.09. The fraction of sp³-hybridized carbons (Fsp3) is 0.241. The normalized spacial score (nSPS) is 16.5. The first kappa shape index (κ1) is 25.6. The van der Waals surface area contributed by atoms with Gasteiger partial charge in [0.1, 0.15) is 28.8 Å². The molecule has 3 aromatic rings. The number of anilines is 1. The molecule has 0 aliphatic carbocycles. The van der Waals surface area contributed by atoms with E-state index in [1.54, 1.807) is 60.7 Å². The van der Waals surface area contributed by atoms with E-state index in [9.17, 15) is 14.7 Å². The molecular formula is C29H29NO7. The van der Waals surface area contributed by atoms with Gasteiger partial charge in [-0.2, -0.15) is 0 Å². The Bertz CT molecular complexity index is 1350. The number of aliphatic hydroxyl groups excluding tert-OH is 1. The number of ether oxygens (including phenoxy) is 4. The van der Waals surface area contributed by atoms with E-state index < -0.39 is 17.7 Å². The number of carbonyl (C=O) groups excluding carboxylic acids is 2. The summed E-state index contributed by atoms with van der Waals surface area (Å²) in [5.41, 5.74) is 1.25. The zero-order valence-corrected chi connectivity index (χ0v) is 21.2. The number of ketones is 1. The first-order valence-corrected chi connectivity index (χ1v) is 11.8. The lowest BCUT2D eigenvalue weighted by Gasteiger charge is -2.26. The minimum absolute atomic E-state index is 0.0658. The van der Waals surface area contributed by atoms with E-state index in [0.717, 1.165) is 6.42 Å². The van der Waals surface area contributed by atoms with Crippen molar-refractivity contribution in [2.24, 2.45) is 0 Å². The Morgan fingerprint density at radius 1 is 0.865 bits per heavy atom. The second-order valence-electron chi connectivity index (χ2n) is 8.36. The van der Waals surface area contributed by atoms with E-state index in [1.165, 1.54) is 26.2 Å². The highest BCUT2D eigenvalue weighted by Gasteiger charge is 2.47. The number of benzene rings is 3. The van der Waals surface area contributed by atoms with Crippen molar-refractivity contribution < 1.29 is 33.6 Å². The molecule has 1 amide bonds. The summed E-state index contributed by atoms with van der Waals surface area (Å²) < 4.78 is 21.9. The molecule has 8 heteroatoms. The molecule has 8 nitrogen and oxygen atoms in total. The number of carbonyl (C=O) groups is 2. The number of methoxy groups -OCH3 is 3. The lowest BCUT2D eigenvalue weighted by Crippen LogP contribution is -2.29. The van der Waals surface area contributed by atoms with Gasteiger partial charge in [-0.3, -0.25) is 14.5 Å². The van der Waals surface area contributed by atoms with Crippen molar-refractivity contribution in [3.05, 3.63) is 83.4 Å². The standard InChI is InChI=1S/C29H29NO7/c1-5-14-37-22-11-6-8-18(15-22)26-25(27(31)23-13-12-21(35-3)17-24(23)36-4)28(32)29(33)30(26)19-9-7-10-20(16-19)34-2/h6-13,15-17,26,31H,5,14H2,1-4H3/b27-25+. The van der Waals surface area contributed by atoms with Crippen LogP contribution in [0.5, 0.6) is 23.0 Å². The van der Waals surface area contributed by atoms with Crippen LogP contribution in [-0.4, -0.2) is 44.7 Å². The molecule has 1 N–H and O–H groups in total. The summed E-state index contributed by atoms with van der Waals surface area (Å²) >= 11 is 0. The highest BCUT2D eigenvalue weighted by molar-refractivity contribution is 6.51. The molecule has 1 fully saturated rings. The zero-order valence-electron chi connectivity index (χ0n) is 21.2. The molecule has 0 saturated carbocycles. The second kappa shape index (κ2) is 11.1. The van der Waals surface area contributed by atoms with Crippen molar-refractivity contribution in [1.82, 2.24) is 0 Å². The Balaban J connectivity index is 1.95. The summed E-state index contributed by atoms with van der Waals surface area (Å²) in [4.78, 5) is 28.3. The van der Waals surface area contributed by atoms with E-state index in [-0.39, 0.29) is 16.9 Å². The summed E-state index contributed by atoms with van der Waals surface area (Å²) in [6, 6.07) is 17.9. The predicted molar refractivity (Wildman–Crippen MR) is 140 cm³/mol. The summed E-state index contributed by atoms with van der Waals surface area (Å²) in [6.07, 6.45) is 0.823. The molecule has 1 saturated heterocycles. The summed E-state index contributed by atoms with van der Waals surface area (Å²) in [5, 5.41) is 11.5. The van der Waals surface area contributed by atoms with Gasteiger partial charge in [-0.05, 0) is 48.4 Å². The van der Waals surface area contributed by atoms with Crippen molar-refractivity contribution in [1.29, 1.82) is 0 Å². The van der Waals surface area contributed by atoms with E-state index >= 15 is 0 Å². The van der Waals surface area contributed by atoms with Crippen LogP contribution < -0.4 is 23.8 Å². The first-order valence-electron chi connectivity index (χ1n) is 11.8. The quantitative estimate of drug-likeness (QED) is 0.246. The lowest BCUT2D eigenvalue weighted by atomic mass is 9.94. The summed E-state index contributed by atoms with van der Waals surface area (Å²) in [7, 11) is 4.49. The van der Waals surface area contributed by atoms with Crippen molar-refractivity contribution in [3.63, 3.8) is 0 Å². The maximum Gasteiger partial charge on any atom is 0.300 e. The molecule has 192 valence electrons. The van der Waals surface area contributed by atoms with Gasteiger partial charge in [0.25, 0.3) is 11.7 Å². The molecule has 1 aliphatic rings. The number of hydrogen-bond donors (Lipinski definition) is 1. The van der Waals surface area contributed by atoms with Gasteiger partial charge in [0.05, 0.1) is 45.1 Å². The molecule has 0 spiro atoms. The number of Topliss-reactive ketones (excluding diaryl/α,β-unsaturated/α-hetero) is 1. The van der Waals surface area contributed by atoms with Crippen LogP contribution in [0.2, 0.25) is 0 Å². The van der Waals surface area contributed by atoms with Crippen LogP contribution in [0.3, 0.4) is 0 Å². The van der Waals surface area contributed by atoms with Gasteiger partial charge >= 0.3 is 0 Å². The molecule has 0 aromatic heterocycles. The van der Waals surface area contributed by atoms with E-state index in [1.807, 2.05) is 13.0 Å².